The molecule has 2 rings (SSSR count). The molecule has 0 bridgehead atoms. The van der Waals surface area contributed by atoms with E-state index in [0.717, 1.165) is 18.2 Å². The van der Waals surface area contributed by atoms with E-state index in [2.05, 4.69) is 4.72 Å². The van der Waals surface area contributed by atoms with Gasteiger partial charge in [0, 0.05) is 6.04 Å². The molecule has 2 atom stereocenters. The Labute approximate surface area is 115 Å². The second-order valence-electron chi connectivity index (χ2n) is 4.72. The van der Waals surface area contributed by atoms with Gasteiger partial charge in [-0.1, -0.05) is 12.5 Å². The number of sulfonamides is 1. The summed E-state index contributed by atoms with van der Waals surface area (Å²) in [6.07, 6.45) is 1.56. The highest BCUT2D eigenvalue weighted by Gasteiger charge is 2.35. The minimum Gasteiger partial charge on any atom is -0.369 e. The lowest BCUT2D eigenvalue weighted by Crippen LogP contribution is -2.42. The van der Waals surface area contributed by atoms with Gasteiger partial charge in [-0.15, -0.1) is 0 Å². The average molecular weight is 304 g/mol. The monoisotopic (exact) mass is 304 g/mol. The number of hydrogen-bond acceptors (Lipinski definition) is 3. The van der Waals surface area contributed by atoms with Crippen molar-refractivity contribution < 1.29 is 22.0 Å². The lowest BCUT2D eigenvalue weighted by molar-refractivity contribution is -0.122. The summed E-state index contributed by atoms with van der Waals surface area (Å²) in [4.78, 5) is 10.4. The van der Waals surface area contributed by atoms with Crippen molar-refractivity contribution in [2.24, 2.45) is 11.7 Å². The highest BCUT2D eigenvalue weighted by atomic mass is 32.2. The summed E-state index contributed by atoms with van der Waals surface area (Å²) >= 11 is 0. The molecule has 0 heterocycles. The molecule has 1 aromatic rings. The maximum absolute atomic E-state index is 13.5. The van der Waals surface area contributed by atoms with Crippen LogP contribution in [0.4, 0.5) is 8.78 Å². The number of primary amides is 1. The van der Waals surface area contributed by atoms with E-state index in [9.17, 15) is 22.0 Å². The van der Waals surface area contributed by atoms with Gasteiger partial charge in [-0.05, 0) is 25.0 Å². The van der Waals surface area contributed by atoms with Crippen molar-refractivity contribution in [3.05, 3.63) is 29.8 Å². The molecule has 0 saturated heterocycles. The van der Waals surface area contributed by atoms with Crippen LogP contribution in [-0.4, -0.2) is 20.4 Å². The van der Waals surface area contributed by atoms with Crippen molar-refractivity contribution in [2.75, 3.05) is 0 Å². The predicted octanol–water partition coefficient (Wildman–Crippen LogP) is 0.897. The van der Waals surface area contributed by atoms with Crippen molar-refractivity contribution in [1.82, 2.24) is 4.72 Å². The molecule has 0 radical (unpaired) electrons. The van der Waals surface area contributed by atoms with Crippen molar-refractivity contribution >= 4 is 15.9 Å². The van der Waals surface area contributed by atoms with Gasteiger partial charge in [0.25, 0.3) is 0 Å². The SMILES string of the molecule is NC(=O)[C@H]1CCC[C@@H]1NS(=O)(=O)c1cccc(F)c1F. The number of hydrogen-bond donors (Lipinski definition) is 2. The Kier molecular flexibility index (Phi) is 4.05. The summed E-state index contributed by atoms with van der Waals surface area (Å²) in [7, 11) is -4.24. The number of carbonyl (C=O) groups is 1. The molecule has 5 nitrogen and oxygen atoms in total. The van der Waals surface area contributed by atoms with Gasteiger partial charge in [0.1, 0.15) is 4.90 Å². The van der Waals surface area contributed by atoms with Crippen LogP contribution >= 0.6 is 0 Å². The van der Waals surface area contributed by atoms with Gasteiger partial charge in [0.05, 0.1) is 5.92 Å². The van der Waals surface area contributed by atoms with Crippen LogP contribution in [0.5, 0.6) is 0 Å². The van der Waals surface area contributed by atoms with Crippen molar-refractivity contribution in [1.29, 1.82) is 0 Å². The minimum atomic E-state index is -4.24. The molecule has 20 heavy (non-hydrogen) atoms. The molecule has 0 aromatic heterocycles. The van der Waals surface area contributed by atoms with Gasteiger partial charge in [0.2, 0.25) is 15.9 Å². The lowest BCUT2D eigenvalue weighted by atomic mass is 10.0. The zero-order chi connectivity index (χ0) is 14.9. The third-order valence-corrected chi connectivity index (χ3v) is 4.90. The molecule has 1 saturated carbocycles. The highest BCUT2D eigenvalue weighted by Crippen LogP contribution is 2.27. The van der Waals surface area contributed by atoms with E-state index in [1.165, 1.54) is 0 Å². The second-order valence-corrected chi connectivity index (χ2v) is 6.40. The number of nitrogens with two attached hydrogens (primary N) is 1. The lowest BCUT2D eigenvalue weighted by Gasteiger charge is -2.18. The first-order valence-corrected chi connectivity index (χ1v) is 7.57. The zero-order valence-electron chi connectivity index (χ0n) is 10.5. The molecular weight excluding hydrogens is 290 g/mol. The molecule has 0 unspecified atom stereocenters. The number of amides is 1. The number of carbonyl (C=O) groups excluding carboxylic acids is 1. The highest BCUT2D eigenvalue weighted by molar-refractivity contribution is 7.89. The molecule has 0 spiro atoms. The maximum Gasteiger partial charge on any atom is 0.243 e. The van der Waals surface area contributed by atoms with E-state index in [0.29, 0.717) is 19.3 Å². The van der Waals surface area contributed by atoms with Crippen LogP contribution < -0.4 is 10.5 Å². The summed E-state index contributed by atoms with van der Waals surface area (Å²) < 4.78 is 53.0. The summed E-state index contributed by atoms with van der Waals surface area (Å²) in [5.41, 5.74) is 5.19. The van der Waals surface area contributed by atoms with E-state index in [1.54, 1.807) is 0 Å². The Morgan fingerprint density at radius 3 is 2.65 bits per heavy atom. The van der Waals surface area contributed by atoms with Crippen LogP contribution in [0.25, 0.3) is 0 Å². The quantitative estimate of drug-likeness (QED) is 0.866. The first kappa shape index (κ1) is 14.9. The maximum atomic E-state index is 13.5. The van der Waals surface area contributed by atoms with Crippen LogP contribution in [0, 0.1) is 17.6 Å². The zero-order valence-corrected chi connectivity index (χ0v) is 11.3. The van der Waals surface area contributed by atoms with Crippen LogP contribution in [-0.2, 0) is 14.8 Å². The third kappa shape index (κ3) is 2.80. The predicted molar refractivity (Wildman–Crippen MR) is 67.0 cm³/mol. The van der Waals surface area contributed by atoms with E-state index in [1.807, 2.05) is 0 Å². The first-order chi connectivity index (χ1) is 9.33. The van der Waals surface area contributed by atoms with E-state index < -0.39 is 44.4 Å². The fourth-order valence-electron chi connectivity index (χ4n) is 2.40. The minimum absolute atomic E-state index is 0.434. The number of halogens is 2. The molecule has 0 aliphatic heterocycles. The molecule has 1 fully saturated rings. The van der Waals surface area contributed by atoms with Crippen LogP contribution in [0.15, 0.2) is 23.1 Å². The standard InChI is InChI=1S/C12H14F2N2O3S/c13-8-4-2-6-10(11(8)14)20(18,19)16-9-5-1-3-7(9)12(15)17/h2,4,6-7,9,16H,1,3,5H2,(H2,15,17)/t7-,9-/m0/s1. The third-order valence-electron chi connectivity index (χ3n) is 3.39. The van der Waals surface area contributed by atoms with Gasteiger partial charge < -0.3 is 5.73 Å². The molecule has 1 amide bonds. The molecular formula is C12H14F2N2O3S. The van der Waals surface area contributed by atoms with E-state index >= 15 is 0 Å². The molecule has 1 aliphatic rings. The Morgan fingerprint density at radius 2 is 2.00 bits per heavy atom. The van der Waals surface area contributed by atoms with Gasteiger partial charge in [0.15, 0.2) is 11.6 Å². The molecule has 8 heteroatoms. The molecule has 3 N–H and O–H groups in total. The number of rotatable bonds is 4. The van der Waals surface area contributed by atoms with Crippen molar-refractivity contribution in [3.8, 4) is 0 Å². The van der Waals surface area contributed by atoms with Gasteiger partial charge >= 0.3 is 0 Å². The Bertz CT molecular complexity index is 634. The fourth-order valence-corrected chi connectivity index (χ4v) is 3.79. The molecule has 1 aliphatic carbocycles. The number of nitrogens with one attached hydrogen (secondary N) is 1. The second kappa shape index (κ2) is 5.45. The summed E-state index contributed by atoms with van der Waals surface area (Å²) in [5.74, 6) is -3.91. The Balaban J connectivity index is 2.28. The van der Waals surface area contributed by atoms with E-state index in [4.69, 9.17) is 5.73 Å². The summed E-state index contributed by atoms with van der Waals surface area (Å²) in [6, 6.07) is 2.22. The smallest absolute Gasteiger partial charge is 0.243 e. The van der Waals surface area contributed by atoms with Gasteiger partial charge in [-0.3, -0.25) is 4.79 Å². The topological polar surface area (TPSA) is 89.3 Å². The van der Waals surface area contributed by atoms with Crippen molar-refractivity contribution in [2.45, 2.75) is 30.2 Å². The summed E-state index contributed by atoms with van der Waals surface area (Å²) in [6.45, 7) is 0. The fraction of sp³-hybridized carbons (Fsp3) is 0.417. The molecule has 1 aromatic carbocycles. The van der Waals surface area contributed by atoms with Gasteiger partial charge in [-0.2, -0.15) is 0 Å². The Hall–Kier alpha value is -1.54. The largest absolute Gasteiger partial charge is 0.369 e. The molecule has 110 valence electrons. The summed E-state index contributed by atoms with van der Waals surface area (Å²) in [5, 5.41) is 0. The van der Waals surface area contributed by atoms with Gasteiger partial charge in [-0.25, -0.2) is 21.9 Å². The normalized spacial score (nSPS) is 22.9. The van der Waals surface area contributed by atoms with Crippen LogP contribution in [0.1, 0.15) is 19.3 Å². The first-order valence-electron chi connectivity index (χ1n) is 6.08. The van der Waals surface area contributed by atoms with Crippen molar-refractivity contribution in [3.63, 3.8) is 0 Å². The van der Waals surface area contributed by atoms with Crippen LogP contribution in [0.3, 0.4) is 0 Å². The van der Waals surface area contributed by atoms with E-state index in [-0.39, 0.29) is 0 Å². The number of benzene rings is 1. The Morgan fingerprint density at radius 1 is 1.30 bits per heavy atom. The van der Waals surface area contributed by atoms with Crippen LogP contribution in [0.2, 0.25) is 0 Å². The average Bonchev–Trinajstić information content (AvgIpc) is 2.79.